The van der Waals surface area contributed by atoms with Gasteiger partial charge in [0.1, 0.15) is 0 Å². The minimum absolute atomic E-state index is 0.110. The van der Waals surface area contributed by atoms with Gasteiger partial charge in [-0.15, -0.1) is 0 Å². The zero-order valence-corrected chi connectivity index (χ0v) is 22.5. The molecule has 0 saturated carbocycles. The lowest BCUT2D eigenvalue weighted by Gasteiger charge is -2.44. The number of sulfonamides is 1. The summed E-state index contributed by atoms with van der Waals surface area (Å²) >= 11 is 0. The molecule has 2 aromatic carbocycles. The molecule has 0 fully saturated rings. The highest BCUT2D eigenvalue weighted by molar-refractivity contribution is 7.90. The molecule has 0 heterocycles. The molecule has 2 aliphatic carbocycles. The van der Waals surface area contributed by atoms with Gasteiger partial charge < -0.3 is 5.32 Å². The Morgan fingerprint density at radius 3 is 2.06 bits per heavy atom. The fourth-order valence-corrected chi connectivity index (χ4v) is 7.30. The number of benzene rings is 2. The van der Waals surface area contributed by atoms with E-state index in [0.717, 1.165) is 49.8 Å². The van der Waals surface area contributed by atoms with Crippen LogP contribution in [0.1, 0.15) is 81.3 Å². The van der Waals surface area contributed by atoms with Crippen LogP contribution in [0.4, 0.5) is 10.5 Å². The predicted molar refractivity (Wildman–Crippen MR) is 142 cm³/mol. The van der Waals surface area contributed by atoms with Crippen molar-refractivity contribution in [2.45, 2.75) is 90.8 Å². The molecule has 0 saturated heterocycles. The second-order valence-corrected chi connectivity index (χ2v) is 12.9. The molecule has 0 bridgehead atoms. The lowest BCUT2D eigenvalue weighted by molar-refractivity contribution is 0.0568. The molecule has 6 nitrogen and oxygen atoms in total. The van der Waals surface area contributed by atoms with Gasteiger partial charge in [-0.3, -0.25) is 4.90 Å². The summed E-state index contributed by atoms with van der Waals surface area (Å²) in [6.07, 6.45) is 6.04. The van der Waals surface area contributed by atoms with Crippen LogP contribution in [0.5, 0.6) is 0 Å². The summed E-state index contributed by atoms with van der Waals surface area (Å²) in [5.74, 6) is -0.203. The Kier molecular flexibility index (Phi) is 7.30. The van der Waals surface area contributed by atoms with E-state index in [1.54, 1.807) is 0 Å². The van der Waals surface area contributed by atoms with Crippen LogP contribution >= 0.6 is 0 Å². The first-order valence-electron chi connectivity index (χ1n) is 12.8. The summed E-state index contributed by atoms with van der Waals surface area (Å²) in [5.41, 5.74) is 6.45. The molecule has 2 N–H and O–H groups in total. The van der Waals surface area contributed by atoms with Crippen LogP contribution in [0.3, 0.4) is 0 Å². The second-order valence-electron chi connectivity index (χ2n) is 11.2. The fraction of sp³-hybridized carbons (Fsp3) is 0.536. The van der Waals surface area contributed by atoms with Gasteiger partial charge >= 0.3 is 6.03 Å². The number of urea groups is 1. The molecule has 2 aliphatic rings. The third-order valence-electron chi connectivity index (χ3n) is 7.19. The van der Waals surface area contributed by atoms with E-state index >= 15 is 0 Å². The zero-order valence-electron chi connectivity index (χ0n) is 21.6. The van der Waals surface area contributed by atoms with Crippen LogP contribution in [0.2, 0.25) is 0 Å². The molecule has 35 heavy (non-hydrogen) atoms. The topological polar surface area (TPSA) is 78.5 Å². The number of nitrogens with one attached hydrogen (secondary N) is 2. The van der Waals surface area contributed by atoms with E-state index in [0.29, 0.717) is 0 Å². The Hall–Kier alpha value is -2.38. The Bertz CT molecular complexity index is 1150. The number of nitrogens with zero attached hydrogens (tertiary/aromatic N) is 1. The maximum Gasteiger partial charge on any atom is 0.332 e. The van der Waals surface area contributed by atoms with E-state index in [9.17, 15) is 13.2 Å². The predicted octanol–water partition coefficient (Wildman–Crippen LogP) is 5.37. The van der Waals surface area contributed by atoms with Gasteiger partial charge in [0, 0.05) is 17.3 Å². The molecule has 0 aromatic heterocycles. The van der Waals surface area contributed by atoms with Gasteiger partial charge in [-0.1, -0.05) is 36.4 Å². The zero-order chi connectivity index (χ0) is 25.4. The van der Waals surface area contributed by atoms with Crippen LogP contribution in [-0.2, 0) is 35.7 Å². The number of amides is 2. The van der Waals surface area contributed by atoms with Crippen LogP contribution in [0, 0.1) is 0 Å². The van der Waals surface area contributed by atoms with Crippen molar-refractivity contribution in [1.29, 1.82) is 0 Å². The highest BCUT2D eigenvalue weighted by Gasteiger charge is 2.36. The maximum absolute atomic E-state index is 13.3. The molecule has 190 valence electrons. The molecule has 1 atom stereocenters. The van der Waals surface area contributed by atoms with Crippen molar-refractivity contribution in [2.75, 3.05) is 11.1 Å². The summed E-state index contributed by atoms with van der Waals surface area (Å²) < 4.78 is 29.0. The first-order chi connectivity index (χ1) is 16.5. The second kappa shape index (κ2) is 9.94. The summed E-state index contributed by atoms with van der Waals surface area (Å²) in [5, 5.41) is 2.95. The van der Waals surface area contributed by atoms with Crippen molar-refractivity contribution in [2.24, 2.45) is 0 Å². The number of rotatable bonds is 7. The SMILES string of the molecule is CC(C)N(C(CS(=O)(=O)NC(=O)Nc1c2c(cc3c1CCC3)CCC2)c1ccccc1)C(C)(C)C. The number of carbonyl (C=O) groups excluding carboxylic acids is 1. The Labute approximate surface area is 210 Å². The van der Waals surface area contributed by atoms with Gasteiger partial charge in [-0.05, 0) is 101 Å². The average molecular weight is 498 g/mol. The summed E-state index contributed by atoms with van der Waals surface area (Å²) in [4.78, 5) is 15.2. The molecule has 0 radical (unpaired) electrons. The first kappa shape index (κ1) is 25.7. The lowest BCUT2D eigenvalue weighted by atomic mass is 9.96. The molecule has 2 amide bonds. The van der Waals surface area contributed by atoms with E-state index < -0.39 is 22.1 Å². The highest BCUT2D eigenvalue weighted by Crippen LogP contribution is 2.38. The van der Waals surface area contributed by atoms with Crippen molar-refractivity contribution in [3.05, 3.63) is 64.2 Å². The number of anilines is 1. The summed E-state index contributed by atoms with van der Waals surface area (Å²) in [6.45, 7) is 10.4. The van der Waals surface area contributed by atoms with Gasteiger partial charge in [0.05, 0.1) is 11.8 Å². The third kappa shape index (κ3) is 5.72. The van der Waals surface area contributed by atoms with Crippen molar-refractivity contribution in [3.63, 3.8) is 0 Å². The smallest absolute Gasteiger partial charge is 0.307 e. The largest absolute Gasteiger partial charge is 0.332 e. The Morgan fingerprint density at radius 1 is 0.971 bits per heavy atom. The minimum atomic E-state index is -3.92. The number of hydrogen-bond acceptors (Lipinski definition) is 4. The molecule has 1 unspecified atom stereocenters. The van der Waals surface area contributed by atoms with Gasteiger partial charge in [0.25, 0.3) is 0 Å². The van der Waals surface area contributed by atoms with Crippen molar-refractivity contribution < 1.29 is 13.2 Å². The molecule has 4 rings (SSSR count). The van der Waals surface area contributed by atoms with Crippen LogP contribution in [-0.4, -0.2) is 36.7 Å². The van der Waals surface area contributed by atoms with E-state index in [4.69, 9.17) is 0 Å². The highest BCUT2D eigenvalue weighted by atomic mass is 32.2. The number of hydrogen-bond donors (Lipinski definition) is 2. The molecular weight excluding hydrogens is 458 g/mol. The van der Waals surface area contributed by atoms with Crippen molar-refractivity contribution in [3.8, 4) is 0 Å². The molecule has 0 spiro atoms. The Balaban J connectivity index is 1.57. The van der Waals surface area contributed by atoms with Crippen molar-refractivity contribution in [1.82, 2.24) is 9.62 Å². The third-order valence-corrected chi connectivity index (χ3v) is 8.44. The van der Waals surface area contributed by atoms with E-state index in [-0.39, 0.29) is 17.3 Å². The van der Waals surface area contributed by atoms with Gasteiger partial charge in [-0.2, -0.15) is 0 Å². The first-order valence-corrected chi connectivity index (χ1v) is 14.4. The molecular formula is C28H39N3O3S. The maximum atomic E-state index is 13.3. The average Bonchev–Trinajstić information content (AvgIpc) is 3.41. The van der Waals surface area contributed by atoms with Crippen LogP contribution < -0.4 is 10.0 Å². The van der Waals surface area contributed by atoms with E-state index in [1.165, 1.54) is 22.3 Å². The van der Waals surface area contributed by atoms with E-state index in [1.807, 2.05) is 30.3 Å². The van der Waals surface area contributed by atoms with Gasteiger partial charge in [0.2, 0.25) is 10.0 Å². The van der Waals surface area contributed by atoms with E-state index in [2.05, 4.69) is 55.6 Å². The molecule has 2 aromatic rings. The standard InChI is InChI=1S/C28H39N3O3S/c1-19(2)31(28(3,4)5)25(20-11-7-6-8-12-20)18-35(33,34)30-27(32)29-26-23-15-9-13-21(23)17-22-14-10-16-24(22)26/h6-8,11-12,17,19,25H,9-10,13-16,18H2,1-5H3,(H2,29,30,32). The van der Waals surface area contributed by atoms with Crippen LogP contribution in [0.15, 0.2) is 36.4 Å². The monoisotopic (exact) mass is 497 g/mol. The van der Waals surface area contributed by atoms with Crippen LogP contribution in [0.25, 0.3) is 0 Å². The quantitative estimate of drug-likeness (QED) is 0.539. The Morgan fingerprint density at radius 2 is 1.54 bits per heavy atom. The number of carbonyl (C=O) groups is 1. The lowest BCUT2D eigenvalue weighted by Crippen LogP contribution is -2.51. The summed E-state index contributed by atoms with van der Waals surface area (Å²) in [7, 11) is -3.92. The normalized spacial score (nSPS) is 16.3. The number of aryl methyl sites for hydroxylation is 2. The van der Waals surface area contributed by atoms with Crippen molar-refractivity contribution >= 4 is 21.7 Å². The molecule has 0 aliphatic heterocycles. The molecule has 7 heteroatoms. The fourth-order valence-electron chi connectivity index (χ4n) is 6.11. The van der Waals surface area contributed by atoms with Gasteiger partial charge in [0.15, 0.2) is 0 Å². The van der Waals surface area contributed by atoms with Gasteiger partial charge in [-0.25, -0.2) is 17.9 Å². The minimum Gasteiger partial charge on any atom is -0.307 e. The summed E-state index contributed by atoms with van der Waals surface area (Å²) in [6, 6.07) is 11.0. The number of fused-ring (bicyclic) bond motifs is 2.